The van der Waals surface area contributed by atoms with Gasteiger partial charge in [0.25, 0.3) is 0 Å². The molecule has 1 saturated heterocycles. The van der Waals surface area contributed by atoms with Gasteiger partial charge in [0.1, 0.15) is 0 Å². The maximum Gasteiger partial charge on any atom is 0.0832 e. The van der Waals surface area contributed by atoms with E-state index in [1.807, 2.05) is 13.8 Å². The smallest absolute Gasteiger partial charge is 0.0832 e. The number of hydrogen-bond donors (Lipinski definition) is 1. The summed E-state index contributed by atoms with van der Waals surface area (Å²) in [5, 5.41) is 8.52. The molecular formula is C11H24O2Y-2. The van der Waals surface area contributed by atoms with Crippen molar-refractivity contribution in [2.75, 3.05) is 6.61 Å². The van der Waals surface area contributed by atoms with Gasteiger partial charge in [-0.15, -0.1) is 0 Å². The minimum Gasteiger partial charge on any atom is -0.425 e. The monoisotopic (exact) mass is 277 g/mol. The molecule has 0 aromatic carbocycles. The van der Waals surface area contributed by atoms with Crippen LogP contribution in [0.25, 0.3) is 0 Å². The Hall–Kier alpha value is 1.02. The number of hydrogen-bond acceptors (Lipinski definition) is 2. The van der Waals surface area contributed by atoms with Crippen molar-refractivity contribution in [3.63, 3.8) is 0 Å². The van der Waals surface area contributed by atoms with Crippen LogP contribution in [-0.4, -0.2) is 23.9 Å². The van der Waals surface area contributed by atoms with E-state index in [4.69, 9.17) is 9.84 Å². The molecule has 1 fully saturated rings. The van der Waals surface area contributed by atoms with E-state index in [0.717, 1.165) is 12.5 Å². The molecule has 1 aliphatic heterocycles. The van der Waals surface area contributed by atoms with Crippen LogP contribution in [0, 0.1) is 26.2 Å². The van der Waals surface area contributed by atoms with Crippen molar-refractivity contribution in [3.8, 4) is 0 Å². The molecule has 0 aliphatic carbocycles. The summed E-state index contributed by atoms with van der Waals surface area (Å²) in [6, 6.07) is 0. The second-order valence-corrected chi connectivity index (χ2v) is 3.93. The van der Waals surface area contributed by atoms with Crippen LogP contribution in [0.4, 0.5) is 0 Å². The van der Waals surface area contributed by atoms with E-state index in [2.05, 4.69) is 20.8 Å². The van der Waals surface area contributed by atoms with Gasteiger partial charge in [0.05, 0.1) is 12.7 Å². The number of rotatable bonds is 2. The Morgan fingerprint density at radius 3 is 1.57 bits per heavy atom. The number of ether oxygens (including phenoxy) is 1. The van der Waals surface area contributed by atoms with Crippen LogP contribution in [-0.2, 0) is 37.4 Å². The summed E-state index contributed by atoms with van der Waals surface area (Å²) in [6.45, 7) is 12.6. The molecule has 0 amide bonds. The number of epoxide rings is 1. The predicted octanol–water partition coefficient (Wildman–Crippen LogP) is 2.33. The Balaban J connectivity index is -0.000000151. The zero-order chi connectivity index (χ0) is 9.72. The summed E-state index contributed by atoms with van der Waals surface area (Å²) in [5.41, 5.74) is 0. The minimum atomic E-state index is -0.398. The Morgan fingerprint density at radius 2 is 1.57 bits per heavy atom. The van der Waals surface area contributed by atoms with Gasteiger partial charge in [-0.05, 0) is 11.8 Å². The largest absolute Gasteiger partial charge is 0.425 e. The van der Waals surface area contributed by atoms with Crippen molar-refractivity contribution in [3.05, 3.63) is 14.4 Å². The van der Waals surface area contributed by atoms with Crippen LogP contribution in [0.3, 0.4) is 0 Å². The van der Waals surface area contributed by atoms with Crippen LogP contribution in [0.5, 0.6) is 0 Å². The normalized spacial score (nSPS) is 20.1. The average Bonchev–Trinajstić information content (AvgIpc) is 2.68. The molecule has 2 nitrogen and oxygen atoms in total. The minimum absolute atomic E-state index is 0. The van der Waals surface area contributed by atoms with Crippen LogP contribution in [0.2, 0.25) is 0 Å². The summed E-state index contributed by atoms with van der Waals surface area (Å²) < 4.78 is 4.97. The van der Waals surface area contributed by atoms with Gasteiger partial charge in [0.2, 0.25) is 0 Å². The van der Waals surface area contributed by atoms with Crippen LogP contribution >= 0.6 is 0 Å². The first-order valence-corrected chi connectivity index (χ1v) is 4.58. The quantitative estimate of drug-likeness (QED) is 0.620. The molecule has 0 bridgehead atoms. The van der Waals surface area contributed by atoms with Crippen LogP contribution in [0.1, 0.15) is 27.7 Å². The predicted molar refractivity (Wildman–Crippen MR) is 57.2 cm³/mol. The fourth-order valence-corrected chi connectivity index (χ4v) is 0.440. The Labute approximate surface area is 115 Å². The van der Waals surface area contributed by atoms with Crippen molar-refractivity contribution >= 4 is 0 Å². The molecule has 85 valence electrons. The van der Waals surface area contributed by atoms with Crippen molar-refractivity contribution in [2.45, 2.75) is 39.9 Å². The van der Waals surface area contributed by atoms with E-state index in [1.54, 1.807) is 0 Å². The van der Waals surface area contributed by atoms with Gasteiger partial charge < -0.3 is 24.2 Å². The second-order valence-electron chi connectivity index (χ2n) is 3.93. The topological polar surface area (TPSA) is 32.8 Å². The van der Waals surface area contributed by atoms with E-state index in [1.165, 1.54) is 0 Å². The van der Waals surface area contributed by atoms with Crippen LogP contribution in [0.15, 0.2) is 0 Å². The van der Waals surface area contributed by atoms with Gasteiger partial charge in [0, 0.05) is 32.7 Å². The molecule has 2 atom stereocenters. The Kier molecular flexibility index (Phi) is 15.4. The van der Waals surface area contributed by atoms with E-state index in [-0.39, 0.29) is 40.1 Å². The van der Waals surface area contributed by atoms with E-state index < -0.39 is 6.10 Å². The van der Waals surface area contributed by atoms with Gasteiger partial charge >= 0.3 is 0 Å². The van der Waals surface area contributed by atoms with E-state index >= 15 is 0 Å². The zero-order valence-corrected chi connectivity index (χ0v) is 13.0. The van der Waals surface area contributed by atoms with Crippen molar-refractivity contribution in [1.29, 1.82) is 0 Å². The molecule has 0 aromatic rings. The van der Waals surface area contributed by atoms with Gasteiger partial charge in [-0.3, -0.25) is 0 Å². The molecule has 2 unspecified atom stereocenters. The molecule has 0 spiro atoms. The van der Waals surface area contributed by atoms with Crippen molar-refractivity contribution in [2.24, 2.45) is 11.8 Å². The van der Waals surface area contributed by atoms with E-state index in [9.17, 15) is 0 Å². The third-order valence-corrected chi connectivity index (χ3v) is 1.87. The first-order valence-electron chi connectivity index (χ1n) is 4.58. The number of aliphatic hydroxyl groups is 1. The first kappa shape index (κ1) is 20.4. The van der Waals surface area contributed by atoms with Crippen molar-refractivity contribution < 1.29 is 42.6 Å². The molecule has 1 radical (unpaired) electrons. The summed E-state index contributed by atoms with van der Waals surface area (Å²) >= 11 is 0. The molecule has 1 heterocycles. The molecule has 14 heavy (non-hydrogen) atoms. The molecule has 1 rings (SSSR count). The average molecular weight is 277 g/mol. The third-order valence-electron chi connectivity index (χ3n) is 1.87. The van der Waals surface area contributed by atoms with Gasteiger partial charge in [-0.1, -0.05) is 33.8 Å². The maximum absolute atomic E-state index is 8.52. The Morgan fingerprint density at radius 1 is 1.29 bits per heavy atom. The summed E-state index contributed by atoms with van der Waals surface area (Å²) in [7, 11) is 0. The molecular weight excluding hydrogens is 253 g/mol. The number of aliphatic hydroxyl groups excluding tert-OH is 1. The molecule has 0 saturated carbocycles. The molecule has 1 N–H and O–H groups in total. The van der Waals surface area contributed by atoms with E-state index in [0.29, 0.717) is 12.0 Å². The summed E-state index contributed by atoms with van der Waals surface area (Å²) in [4.78, 5) is 0. The van der Waals surface area contributed by atoms with Gasteiger partial charge in [0.15, 0.2) is 0 Å². The molecule has 0 aromatic heterocycles. The SMILES string of the molecule is CC(C)C1CO1.[CH2-]C(O)C(C)C.[CH3-].[Y]. The zero-order valence-electron chi connectivity index (χ0n) is 10.2. The van der Waals surface area contributed by atoms with Gasteiger partial charge in [-0.25, -0.2) is 0 Å². The maximum atomic E-state index is 8.52. The molecule has 1 aliphatic rings. The molecule has 3 heteroatoms. The fraction of sp³-hybridized carbons (Fsp3) is 0.818. The summed E-state index contributed by atoms with van der Waals surface area (Å²) in [5.74, 6) is 1.04. The van der Waals surface area contributed by atoms with Crippen molar-refractivity contribution in [1.82, 2.24) is 0 Å². The summed E-state index contributed by atoms with van der Waals surface area (Å²) in [6.07, 6.45) is 0.204. The Bertz CT molecular complexity index is 95.6. The fourth-order valence-electron chi connectivity index (χ4n) is 0.440. The van der Waals surface area contributed by atoms with Gasteiger partial charge in [-0.2, -0.15) is 0 Å². The first-order chi connectivity index (χ1) is 5.45. The van der Waals surface area contributed by atoms with Crippen LogP contribution < -0.4 is 0 Å². The third kappa shape index (κ3) is 13.0. The standard InChI is InChI=1S/C5H10O.C5H11O.CH3.Y/c1-4(2)5-3-6-5;1-4(2)5(3)6;;/h4-5H,3H2,1-2H3;4-6H,3H2,1-2H3;1H3;/q;2*-1;. The second kappa shape index (κ2) is 10.5.